The zero-order valence-corrected chi connectivity index (χ0v) is 11.2. The third kappa shape index (κ3) is 3.69. The number of rotatable bonds is 5. The van der Waals surface area contributed by atoms with Crippen molar-refractivity contribution in [3.05, 3.63) is 59.7 Å². The average molecular weight is 271 g/mol. The van der Waals surface area contributed by atoms with Gasteiger partial charge in [-0.25, -0.2) is 0 Å². The number of anilines is 1. The molecule has 0 amide bonds. The molecule has 1 N–H and O–H groups in total. The molecule has 0 saturated heterocycles. The van der Waals surface area contributed by atoms with Gasteiger partial charge >= 0.3 is 0 Å². The molecule has 0 spiro atoms. The second-order valence-electron chi connectivity index (χ2n) is 4.02. The van der Waals surface area contributed by atoms with Gasteiger partial charge in [0.05, 0.1) is 0 Å². The van der Waals surface area contributed by atoms with E-state index in [-0.39, 0.29) is 5.78 Å². The molecule has 0 aliphatic rings. The van der Waals surface area contributed by atoms with Crippen molar-refractivity contribution in [1.82, 2.24) is 0 Å². The third-order valence-corrected chi connectivity index (χ3v) is 3.44. The minimum atomic E-state index is 0.0589. The van der Waals surface area contributed by atoms with E-state index >= 15 is 0 Å². The summed E-state index contributed by atoms with van der Waals surface area (Å²) in [5.74, 6) is 0.0589. The van der Waals surface area contributed by atoms with Gasteiger partial charge in [0, 0.05) is 21.7 Å². The van der Waals surface area contributed by atoms with Gasteiger partial charge in [0.15, 0.2) is 5.78 Å². The van der Waals surface area contributed by atoms with E-state index in [0.29, 0.717) is 11.1 Å². The number of benzene rings is 2. The summed E-state index contributed by atoms with van der Waals surface area (Å²) in [6, 6.07) is 14.6. The smallest absolute Gasteiger partial charge is 0.159 e. The second-order valence-corrected chi connectivity index (χ2v) is 4.90. The molecule has 2 rings (SSSR count). The lowest BCUT2D eigenvalue weighted by Gasteiger charge is -2.06. The lowest BCUT2D eigenvalue weighted by atomic mass is 10.1. The van der Waals surface area contributed by atoms with Crippen molar-refractivity contribution >= 4 is 29.7 Å². The van der Waals surface area contributed by atoms with E-state index in [4.69, 9.17) is 0 Å². The number of hydrogen-bond donors (Lipinski definition) is 1. The fraction of sp³-hybridized carbons (Fsp3) is 0.0667. The summed E-state index contributed by atoms with van der Waals surface area (Å²) in [5.41, 5.74) is 2.29. The van der Waals surface area contributed by atoms with Crippen molar-refractivity contribution in [2.24, 2.45) is 0 Å². The van der Waals surface area contributed by atoms with E-state index in [1.165, 1.54) is 11.9 Å². The van der Waals surface area contributed by atoms with Crippen LogP contribution in [0.15, 0.2) is 53.4 Å². The predicted octanol–water partition coefficient (Wildman–Crippen LogP) is 3.82. The molecule has 0 bridgehead atoms. The molecule has 0 atom stereocenters. The summed E-state index contributed by atoms with van der Waals surface area (Å²) in [7, 11) is 0. The van der Waals surface area contributed by atoms with Crippen LogP contribution in [0.4, 0.5) is 5.69 Å². The highest BCUT2D eigenvalue weighted by atomic mass is 32.2. The summed E-state index contributed by atoms with van der Waals surface area (Å²) in [6.45, 7) is 1.55. The Balaban J connectivity index is 1.97. The number of aldehydes is 1. The Hall–Kier alpha value is -2.07. The van der Waals surface area contributed by atoms with E-state index in [1.807, 2.05) is 24.3 Å². The molecule has 0 saturated carbocycles. The van der Waals surface area contributed by atoms with Crippen molar-refractivity contribution < 1.29 is 9.59 Å². The molecule has 2 aromatic rings. The molecule has 0 aliphatic heterocycles. The Labute approximate surface area is 116 Å². The van der Waals surface area contributed by atoms with Crippen LogP contribution in [0.3, 0.4) is 0 Å². The summed E-state index contributed by atoms with van der Waals surface area (Å²) in [6.07, 6.45) is 0.822. The van der Waals surface area contributed by atoms with E-state index in [2.05, 4.69) is 4.72 Å². The molecular formula is C15H13NO2S. The number of hydrogen-bond acceptors (Lipinski definition) is 4. The largest absolute Gasteiger partial charge is 0.326 e. The van der Waals surface area contributed by atoms with Crippen LogP contribution < -0.4 is 4.72 Å². The summed E-state index contributed by atoms with van der Waals surface area (Å²) >= 11 is 1.46. The van der Waals surface area contributed by atoms with E-state index in [9.17, 15) is 9.59 Å². The van der Waals surface area contributed by atoms with Gasteiger partial charge in [-0.15, -0.1) is 0 Å². The normalized spacial score (nSPS) is 9.95. The van der Waals surface area contributed by atoms with Gasteiger partial charge in [-0.3, -0.25) is 9.59 Å². The molecule has 4 heteroatoms. The molecule has 0 aliphatic carbocycles. The Morgan fingerprint density at radius 2 is 1.68 bits per heavy atom. The van der Waals surface area contributed by atoms with Gasteiger partial charge < -0.3 is 4.72 Å². The molecule has 0 heterocycles. The number of nitrogens with one attached hydrogen (secondary N) is 1. The van der Waals surface area contributed by atoms with Crippen molar-refractivity contribution in [3.8, 4) is 0 Å². The van der Waals surface area contributed by atoms with E-state index in [0.717, 1.165) is 16.9 Å². The lowest BCUT2D eigenvalue weighted by Crippen LogP contribution is -1.92. The van der Waals surface area contributed by atoms with Gasteiger partial charge in [0.25, 0.3) is 0 Å². The van der Waals surface area contributed by atoms with Gasteiger partial charge in [-0.1, -0.05) is 12.1 Å². The van der Waals surface area contributed by atoms with Crippen LogP contribution in [-0.2, 0) is 0 Å². The quantitative estimate of drug-likeness (QED) is 0.510. The standard InChI is InChI=1S/C15H13NO2S/c1-11(18)13-4-6-14(7-5-13)16-19-15-8-2-12(10-17)3-9-15/h2-10,16H,1H3. The van der Waals surface area contributed by atoms with Gasteiger partial charge in [0.1, 0.15) is 6.29 Å². The first-order valence-electron chi connectivity index (χ1n) is 5.78. The number of Topliss-reactive ketones (excluding diaryl/α,β-unsaturated/α-hetero) is 1. The van der Waals surface area contributed by atoms with Crippen molar-refractivity contribution in [1.29, 1.82) is 0 Å². The molecule has 2 aromatic carbocycles. The topological polar surface area (TPSA) is 46.2 Å². The Morgan fingerprint density at radius 1 is 1.05 bits per heavy atom. The molecule has 96 valence electrons. The first-order chi connectivity index (χ1) is 9.19. The van der Waals surface area contributed by atoms with Crippen LogP contribution in [-0.4, -0.2) is 12.1 Å². The van der Waals surface area contributed by atoms with Crippen LogP contribution in [0.2, 0.25) is 0 Å². The summed E-state index contributed by atoms with van der Waals surface area (Å²) < 4.78 is 3.18. The summed E-state index contributed by atoms with van der Waals surface area (Å²) in [4.78, 5) is 22.7. The Bertz CT molecular complexity index is 576. The molecule has 3 nitrogen and oxygen atoms in total. The van der Waals surface area contributed by atoms with Gasteiger partial charge in [0.2, 0.25) is 0 Å². The zero-order chi connectivity index (χ0) is 13.7. The second kappa shape index (κ2) is 6.20. The molecule has 0 fully saturated rings. The number of ketones is 1. The van der Waals surface area contributed by atoms with Crippen molar-refractivity contribution in [2.45, 2.75) is 11.8 Å². The minimum Gasteiger partial charge on any atom is -0.326 e. The highest BCUT2D eigenvalue weighted by molar-refractivity contribution is 8.00. The van der Waals surface area contributed by atoms with Gasteiger partial charge in [-0.2, -0.15) is 0 Å². The van der Waals surface area contributed by atoms with Crippen molar-refractivity contribution in [3.63, 3.8) is 0 Å². The fourth-order valence-electron chi connectivity index (χ4n) is 1.51. The van der Waals surface area contributed by atoms with Crippen LogP contribution in [0.1, 0.15) is 27.6 Å². The highest BCUT2D eigenvalue weighted by Crippen LogP contribution is 2.21. The first-order valence-corrected chi connectivity index (χ1v) is 6.60. The Kier molecular flexibility index (Phi) is 4.36. The minimum absolute atomic E-state index is 0.0589. The molecule has 0 unspecified atom stereocenters. The van der Waals surface area contributed by atoms with Crippen LogP contribution >= 0.6 is 11.9 Å². The summed E-state index contributed by atoms with van der Waals surface area (Å²) in [5, 5.41) is 0. The molecule has 19 heavy (non-hydrogen) atoms. The first kappa shape index (κ1) is 13.4. The van der Waals surface area contributed by atoms with Crippen LogP contribution in [0.25, 0.3) is 0 Å². The molecular weight excluding hydrogens is 258 g/mol. The maximum absolute atomic E-state index is 11.1. The zero-order valence-electron chi connectivity index (χ0n) is 10.4. The molecule has 0 radical (unpaired) electrons. The van der Waals surface area contributed by atoms with E-state index in [1.54, 1.807) is 31.2 Å². The number of carbonyl (C=O) groups excluding carboxylic acids is 2. The van der Waals surface area contributed by atoms with Crippen molar-refractivity contribution in [2.75, 3.05) is 4.72 Å². The van der Waals surface area contributed by atoms with Crippen LogP contribution in [0.5, 0.6) is 0 Å². The highest BCUT2D eigenvalue weighted by Gasteiger charge is 1.99. The Morgan fingerprint density at radius 3 is 2.21 bits per heavy atom. The maximum atomic E-state index is 11.1. The monoisotopic (exact) mass is 271 g/mol. The van der Waals surface area contributed by atoms with Crippen LogP contribution in [0, 0.1) is 0 Å². The average Bonchev–Trinajstić information content (AvgIpc) is 2.46. The number of carbonyl (C=O) groups is 2. The fourth-order valence-corrected chi connectivity index (χ4v) is 2.15. The van der Waals surface area contributed by atoms with Gasteiger partial charge in [-0.05, 0) is 55.3 Å². The third-order valence-electron chi connectivity index (χ3n) is 2.59. The SMILES string of the molecule is CC(=O)c1ccc(NSc2ccc(C=O)cc2)cc1. The molecule has 0 aromatic heterocycles. The maximum Gasteiger partial charge on any atom is 0.159 e. The van der Waals surface area contributed by atoms with E-state index < -0.39 is 0 Å². The predicted molar refractivity (Wildman–Crippen MR) is 77.8 cm³/mol. The lowest BCUT2D eigenvalue weighted by molar-refractivity contribution is 0.101.